The quantitative estimate of drug-likeness (QED) is 0.909. The van der Waals surface area contributed by atoms with Gasteiger partial charge in [-0.15, -0.1) is 0 Å². The fourth-order valence-corrected chi connectivity index (χ4v) is 4.70. The molecule has 0 amide bonds. The molecule has 1 heterocycles. The molecule has 21 heavy (non-hydrogen) atoms. The molecule has 1 aromatic carbocycles. The summed E-state index contributed by atoms with van der Waals surface area (Å²) in [6.45, 7) is 4.27. The Bertz CT molecular complexity index is 540. The fraction of sp³-hybridized carbons (Fsp3) is 0.667. The molecule has 3 aliphatic rings. The van der Waals surface area contributed by atoms with Crippen LogP contribution in [0.4, 0.5) is 0 Å². The van der Waals surface area contributed by atoms with E-state index in [2.05, 4.69) is 30.4 Å². The lowest BCUT2D eigenvalue weighted by Crippen LogP contribution is -2.98. The Hall–Kier alpha value is -0.570. The second-order valence-electron chi connectivity index (χ2n) is 7.14. The molecule has 3 fully saturated rings. The first kappa shape index (κ1) is 14.0. The molecular formula is C18H25ClNO+. The van der Waals surface area contributed by atoms with Gasteiger partial charge in [0.1, 0.15) is 5.54 Å². The molecule has 2 nitrogen and oxygen atoms in total. The van der Waals surface area contributed by atoms with Gasteiger partial charge < -0.3 is 10.1 Å². The third-order valence-electron chi connectivity index (χ3n) is 6.05. The van der Waals surface area contributed by atoms with E-state index in [1.54, 1.807) is 0 Å². The van der Waals surface area contributed by atoms with E-state index in [0.717, 1.165) is 17.5 Å². The van der Waals surface area contributed by atoms with Crippen molar-refractivity contribution >= 4 is 11.6 Å². The van der Waals surface area contributed by atoms with Crippen molar-refractivity contribution in [3.63, 3.8) is 0 Å². The van der Waals surface area contributed by atoms with Crippen LogP contribution in [0.5, 0.6) is 0 Å². The van der Waals surface area contributed by atoms with Crippen LogP contribution in [0, 0.1) is 18.8 Å². The largest absolute Gasteiger partial charge is 0.378 e. The summed E-state index contributed by atoms with van der Waals surface area (Å²) in [6, 6.07) is 6.61. The van der Waals surface area contributed by atoms with Crippen molar-refractivity contribution in [1.29, 1.82) is 0 Å². The summed E-state index contributed by atoms with van der Waals surface area (Å²) >= 11 is 6.32. The molecule has 0 unspecified atom stereocenters. The second-order valence-corrected chi connectivity index (χ2v) is 7.55. The number of nitrogens with two attached hydrogens (primary N) is 1. The predicted octanol–water partition coefficient (Wildman–Crippen LogP) is 3.02. The normalized spacial score (nSPS) is 35.1. The Labute approximate surface area is 132 Å². The number of rotatable bonds is 4. The number of halogens is 1. The van der Waals surface area contributed by atoms with Gasteiger partial charge >= 0.3 is 0 Å². The maximum Gasteiger partial charge on any atom is 0.136 e. The molecule has 0 spiro atoms. The zero-order chi connectivity index (χ0) is 14.4. The monoisotopic (exact) mass is 306 g/mol. The Morgan fingerprint density at radius 2 is 2.10 bits per heavy atom. The van der Waals surface area contributed by atoms with Crippen LogP contribution in [0.1, 0.15) is 43.2 Å². The number of aryl methyl sites for hydroxylation is 1. The maximum absolute atomic E-state index is 6.32. The molecule has 2 N–H and O–H groups in total. The average Bonchev–Trinajstić information content (AvgIpc) is 2.95. The van der Waals surface area contributed by atoms with E-state index in [1.807, 2.05) is 0 Å². The molecule has 114 valence electrons. The van der Waals surface area contributed by atoms with E-state index in [0.29, 0.717) is 17.6 Å². The van der Waals surface area contributed by atoms with Crippen molar-refractivity contribution in [2.45, 2.75) is 50.7 Å². The van der Waals surface area contributed by atoms with Gasteiger partial charge in [-0.2, -0.15) is 0 Å². The van der Waals surface area contributed by atoms with Crippen molar-refractivity contribution in [3.8, 4) is 0 Å². The van der Waals surface area contributed by atoms with E-state index in [4.69, 9.17) is 16.3 Å². The molecule has 4 rings (SSSR count). The van der Waals surface area contributed by atoms with Crippen LogP contribution in [0.15, 0.2) is 18.2 Å². The van der Waals surface area contributed by atoms with Crippen LogP contribution in [0.2, 0.25) is 5.02 Å². The highest BCUT2D eigenvalue weighted by Gasteiger charge is 2.77. The summed E-state index contributed by atoms with van der Waals surface area (Å²) in [5.74, 6) is 1.50. The van der Waals surface area contributed by atoms with Crippen LogP contribution < -0.4 is 5.32 Å². The van der Waals surface area contributed by atoms with Gasteiger partial charge in [0, 0.05) is 10.6 Å². The molecule has 0 radical (unpaired) electrons. The average molecular weight is 307 g/mol. The first-order valence-corrected chi connectivity index (χ1v) is 8.82. The summed E-state index contributed by atoms with van der Waals surface area (Å²) < 4.78 is 6.24. The zero-order valence-electron chi connectivity index (χ0n) is 12.8. The zero-order valence-corrected chi connectivity index (χ0v) is 13.5. The van der Waals surface area contributed by atoms with Gasteiger partial charge in [0.15, 0.2) is 0 Å². The topological polar surface area (TPSA) is 25.8 Å². The summed E-state index contributed by atoms with van der Waals surface area (Å²) in [5, 5.41) is 3.40. The lowest BCUT2D eigenvalue weighted by molar-refractivity contribution is -0.763. The van der Waals surface area contributed by atoms with Crippen molar-refractivity contribution in [2.24, 2.45) is 11.8 Å². The van der Waals surface area contributed by atoms with Crippen LogP contribution in [-0.2, 0) is 10.3 Å². The van der Waals surface area contributed by atoms with Gasteiger partial charge in [-0.25, -0.2) is 0 Å². The van der Waals surface area contributed by atoms with Crippen molar-refractivity contribution < 1.29 is 10.1 Å². The summed E-state index contributed by atoms with van der Waals surface area (Å²) in [6.07, 6.45) is 7.16. The molecule has 1 aromatic rings. The molecule has 0 bridgehead atoms. The molecule has 3 heteroatoms. The number of quaternary nitrogens is 1. The second kappa shape index (κ2) is 5.26. The van der Waals surface area contributed by atoms with Crippen molar-refractivity contribution in [1.82, 2.24) is 0 Å². The lowest BCUT2D eigenvalue weighted by atomic mass is 9.95. The van der Waals surface area contributed by atoms with Gasteiger partial charge in [-0.1, -0.05) is 43.0 Å². The number of hydrogen-bond donors (Lipinski definition) is 1. The minimum atomic E-state index is 0.298. The SMILES string of the molecule is Cc1ccc([C@@]23[NH2+]C[C@@H]2[C@H]3COC2CCCCC2)cc1Cl. The minimum Gasteiger partial charge on any atom is -0.378 e. The van der Waals surface area contributed by atoms with Gasteiger partial charge in [0.05, 0.1) is 31.1 Å². The molecule has 2 saturated carbocycles. The van der Waals surface area contributed by atoms with Gasteiger partial charge in [-0.05, 0) is 31.4 Å². The highest BCUT2D eigenvalue weighted by molar-refractivity contribution is 6.31. The molecule has 1 aliphatic heterocycles. The van der Waals surface area contributed by atoms with Crippen LogP contribution in [0.25, 0.3) is 0 Å². The van der Waals surface area contributed by atoms with E-state index in [9.17, 15) is 0 Å². The third kappa shape index (κ3) is 2.23. The molecule has 0 aromatic heterocycles. The van der Waals surface area contributed by atoms with Crippen molar-refractivity contribution in [3.05, 3.63) is 34.3 Å². The molecule has 1 saturated heterocycles. The highest BCUT2D eigenvalue weighted by Crippen LogP contribution is 2.59. The Kier molecular flexibility index (Phi) is 3.52. The van der Waals surface area contributed by atoms with Crippen LogP contribution in [0.3, 0.4) is 0 Å². The molecular weight excluding hydrogens is 282 g/mol. The Morgan fingerprint density at radius 3 is 2.76 bits per heavy atom. The lowest BCUT2D eigenvalue weighted by Gasteiger charge is -2.25. The van der Waals surface area contributed by atoms with Gasteiger partial charge in [0.25, 0.3) is 0 Å². The van der Waals surface area contributed by atoms with E-state index >= 15 is 0 Å². The minimum absolute atomic E-state index is 0.298. The van der Waals surface area contributed by atoms with Crippen LogP contribution in [-0.4, -0.2) is 19.3 Å². The first-order chi connectivity index (χ1) is 10.2. The van der Waals surface area contributed by atoms with Crippen LogP contribution >= 0.6 is 11.6 Å². The number of benzene rings is 1. The fourth-order valence-electron chi connectivity index (χ4n) is 4.52. The Morgan fingerprint density at radius 1 is 1.29 bits per heavy atom. The van der Waals surface area contributed by atoms with Crippen molar-refractivity contribution in [2.75, 3.05) is 13.2 Å². The summed E-state index contributed by atoms with van der Waals surface area (Å²) in [4.78, 5) is 0. The van der Waals surface area contributed by atoms with E-state index in [1.165, 1.54) is 49.8 Å². The maximum atomic E-state index is 6.32. The predicted molar refractivity (Wildman–Crippen MR) is 84.5 cm³/mol. The van der Waals surface area contributed by atoms with Gasteiger partial charge in [0.2, 0.25) is 0 Å². The number of ether oxygens (including phenoxy) is 1. The summed E-state index contributed by atoms with van der Waals surface area (Å²) in [5.41, 5.74) is 2.88. The molecule has 3 atom stereocenters. The number of fused-ring (bicyclic) bond motifs is 1. The standard InChI is InChI=1S/C18H24ClNO/c1-12-7-8-13(9-17(12)19)18-15(10-20-18)16(18)11-21-14-5-3-2-4-6-14/h7-9,14-16,20H,2-6,10-11H2,1H3/p+1/t15-,16-,18-/m1/s1. The van der Waals surface area contributed by atoms with Gasteiger partial charge in [-0.3, -0.25) is 0 Å². The summed E-state index contributed by atoms with van der Waals surface area (Å²) in [7, 11) is 0. The number of hydrogen-bond acceptors (Lipinski definition) is 1. The highest BCUT2D eigenvalue weighted by atomic mass is 35.5. The first-order valence-electron chi connectivity index (χ1n) is 8.44. The smallest absolute Gasteiger partial charge is 0.136 e. The van der Waals surface area contributed by atoms with E-state index in [-0.39, 0.29) is 0 Å². The molecule has 2 aliphatic carbocycles. The van der Waals surface area contributed by atoms with E-state index < -0.39 is 0 Å². The third-order valence-corrected chi connectivity index (χ3v) is 6.46. The Balaban J connectivity index is 1.42.